The minimum absolute atomic E-state index is 0.0635. The van der Waals surface area contributed by atoms with Crippen LogP contribution in [0.15, 0.2) is 53.9 Å². The summed E-state index contributed by atoms with van der Waals surface area (Å²) in [4.78, 5) is 12.3. The summed E-state index contributed by atoms with van der Waals surface area (Å²) < 4.78 is 36.2. The van der Waals surface area contributed by atoms with Crippen LogP contribution in [-0.2, 0) is 10.0 Å². The highest BCUT2D eigenvalue weighted by Gasteiger charge is 2.18. The Labute approximate surface area is 140 Å². The van der Waals surface area contributed by atoms with Crippen LogP contribution in [0.2, 0.25) is 0 Å². The number of benzene rings is 2. The molecule has 126 valence electrons. The number of rotatable bonds is 6. The Morgan fingerprint density at radius 2 is 1.75 bits per heavy atom. The van der Waals surface area contributed by atoms with Crippen molar-refractivity contribution in [3.05, 3.63) is 65.1 Å². The number of sulfonamides is 1. The van der Waals surface area contributed by atoms with Gasteiger partial charge in [-0.25, -0.2) is 13.1 Å². The predicted molar refractivity (Wildman–Crippen MR) is 91.4 cm³/mol. The molecule has 24 heavy (non-hydrogen) atoms. The van der Waals surface area contributed by atoms with Crippen LogP contribution in [0.25, 0.3) is 6.08 Å². The SMILES string of the molecule is COc1ccc(OC)c(C(=O)NS(=O)(=O)C=Cc2ccccc2)c1. The van der Waals surface area contributed by atoms with E-state index in [4.69, 9.17) is 9.47 Å². The van der Waals surface area contributed by atoms with E-state index in [1.165, 1.54) is 32.4 Å². The first-order chi connectivity index (χ1) is 11.4. The molecule has 2 aromatic rings. The molecule has 6 nitrogen and oxygen atoms in total. The summed E-state index contributed by atoms with van der Waals surface area (Å²) in [5.41, 5.74) is 0.767. The number of methoxy groups -OCH3 is 2. The molecule has 0 aromatic heterocycles. The fourth-order valence-electron chi connectivity index (χ4n) is 1.94. The summed E-state index contributed by atoms with van der Waals surface area (Å²) in [5, 5.41) is 0.937. The largest absolute Gasteiger partial charge is 0.497 e. The van der Waals surface area contributed by atoms with Crippen molar-refractivity contribution in [2.45, 2.75) is 0 Å². The topological polar surface area (TPSA) is 81.7 Å². The van der Waals surface area contributed by atoms with Crippen LogP contribution in [0.3, 0.4) is 0 Å². The summed E-state index contributed by atoms with van der Waals surface area (Å²) >= 11 is 0. The molecule has 0 heterocycles. The van der Waals surface area contributed by atoms with Crippen LogP contribution in [0.1, 0.15) is 15.9 Å². The molecule has 0 aliphatic rings. The summed E-state index contributed by atoms with van der Waals surface area (Å²) in [5.74, 6) is -0.142. The van der Waals surface area contributed by atoms with Crippen molar-refractivity contribution in [2.24, 2.45) is 0 Å². The van der Waals surface area contributed by atoms with Crippen molar-refractivity contribution in [3.8, 4) is 11.5 Å². The quantitative estimate of drug-likeness (QED) is 0.868. The monoisotopic (exact) mass is 347 g/mol. The van der Waals surface area contributed by atoms with Gasteiger partial charge in [0.1, 0.15) is 11.5 Å². The van der Waals surface area contributed by atoms with Crippen LogP contribution in [0.4, 0.5) is 0 Å². The molecule has 0 bridgehead atoms. The molecule has 0 saturated heterocycles. The van der Waals surface area contributed by atoms with Gasteiger partial charge in [-0.15, -0.1) is 0 Å². The Morgan fingerprint density at radius 3 is 2.38 bits per heavy atom. The van der Waals surface area contributed by atoms with Gasteiger partial charge in [0.2, 0.25) is 0 Å². The summed E-state index contributed by atoms with van der Waals surface area (Å²) in [6, 6.07) is 13.4. The van der Waals surface area contributed by atoms with E-state index in [1.54, 1.807) is 30.3 Å². The molecule has 0 unspecified atom stereocenters. The molecule has 7 heteroatoms. The zero-order chi connectivity index (χ0) is 17.6. The van der Waals surface area contributed by atoms with E-state index >= 15 is 0 Å². The number of hydrogen-bond acceptors (Lipinski definition) is 5. The minimum Gasteiger partial charge on any atom is -0.497 e. The van der Waals surface area contributed by atoms with Gasteiger partial charge in [0.15, 0.2) is 0 Å². The van der Waals surface area contributed by atoms with Crippen molar-refractivity contribution >= 4 is 22.0 Å². The molecule has 0 fully saturated rings. The number of carbonyl (C=O) groups is 1. The summed E-state index contributed by atoms with van der Waals surface area (Å²) in [7, 11) is -1.11. The minimum atomic E-state index is -3.95. The van der Waals surface area contributed by atoms with Crippen molar-refractivity contribution in [1.29, 1.82) is 0 Å². The summed E-state index contributed by atoms with van der Waals surface area (Å²) in [6.07, 6.45) is 1.40. The maximum absolute atomic E-state index is 12.3. The third kappa shape index (κ3) is 4.60. The second-order valence-electron chi connectivity index (χ2n) is 4.76. The zero-order valence-electron chi connectivity index (χ0n) is 13.2. The molecule has 0 aliphatic carbocycles. The van der Waals surface area contributed by atoms with E-state index in [9.17, 15) is 13.2 Å². The Kier molecular flexibility index (Phi) is 5.59. The Bertz CT molecular complexity index is 845. The standard InChI is InChI=1S/C17H17NO5S/c1-22-14-8-9-16(23-2)15(12-14)17(19)18-24(20,21)11-10-13-6-4-3-5-7-13/h3-12H,1-2H3,(H,18,19). The van der Waals surface area contributed by atoms with E-state index in [1.807, 2.05) is 10.8 Å². The first-order valence-corrected chi connectivity index (χ1v) is 8.52. The lowest BCUT2D eigenvalue weighted by molar-refractivity contribution is 0.0978. The fraction of sp³-hybridized carbons (Fsp3) is 0.118. The maximum Gasteiger partial charge on any atom is 0.268 e. The van der Waals surface area contributed by atoms with Crippen LogP contribution < -0.4 is 14.2 Å². The molecule has 2 aromatic carbocycles. The zero-order valence-corrected chi connectivity index (χ0v) is 14.0. The number of nitrogens with one attached hydrogen (secondary N) is 1. The lowest BCUT2D eigenvalue weighted by atomic mass is 10.2. The molecular formula is C17H17NO5S. The van der Waals surface area contributed by atoms with E-state index in [2.05, 4.69) is 0 Å². The van der Waals surface area contributed by atoms with Gasteiger partial charge in [-0.1, -0.05) is 30.3 Å². The lowest BCUT2D eigenvalue weighted by Gasteiger charge is -2.10. The van der Waals surface area contributed by atoms with Gasteiger partial charge in [-0.05, 0) is 29.8 Å². The predicted octanol–water partition coefficient (Wildman–Crippen LogP) is 2.43. The van der Waals surface area contributed by atoms with Crippen LogP contribution in [-0.4, -0.2) is 28.5 Å². The lowest BCUT2D eigenvalue weighted by Crippen LogP contribution is -2.29. The molecule has 0 spiro atoms. The fourth-order valence-corrected chi connectivity index (χ4v) is 2.71. The van der Waals surface area contributed by atoms with E-state index in [0.29, 0.717) is 11.3 Å². The molecule has 0 aliphatic heterocycles. The van der Waals surface area contributed by atoms with Gasteiger partial charge in [0.05, 0.1) is 25.2 Å². The first-order valence-electron chi connectivity index (χ1n) is 6.97. The van der Waals surface area contributed by atoms with Gasteiger partial charge in [-0.2, -0.15) is 0 Å². The molecular weight excluding hydrogens is 330 g/mol. The molecule has 0 radical (unpaired) electrons. The van der Waals surface area contributed by atoms with Gasteiger partial charge in [-0.3, -0.25) is 4.79 Å². The van der Waals surface area contributed by atoms with Crippen molar-refractivity contribution in [2.75, 3.05) is 14.2 Å². The second kappa shape index (κ2) is 7.65. The Hall–Kier alpha value is -2.80. The Balaban J connectivity index is 2.20. The van der Waals surface area contributed by atoms with E-state index in [-0.39, 0.29) is 11.3 Å². The third-order valence-corrected chi connectivity index (χ3v) is 4.09. The normalized spacial score (nSPS) is 11.2. The maximum atomic E-state index is 12.3. The van der Waals surface area contributed by atoms with Gasteiger partial charge >= 0.3 is 0 Å². The second-order valence-corrected chi connectivity index (χ2v) is 6.32. The van der Waals surface area contributed by atoms with Gasteiger partial charge in [0, 0.05) is 0 Å². The van der Waals surface area contributed by atoms with E-state index < -0.39 is 15.9 Å². The van der Waals surface area contributed by atoms with Crippen molar-refractivity contribution in [1.82, 2.24) is 4.72 Å². The van der Waals surface area contributed by atoms with Gasteiger partial charge < -0.3 is 9.47 Å². The number of hydrogen-bond donors (Lipinski definition) is 1. The molecule has 1 amide bonds. The highest BCUT2D eigenvalue weighted by Crippen LogP contribution is 2.24. The smallest absolute Gasteiger partial charge is 0.268 e. The van der Waals surface area contributed by atoms with Crippen LogP contribution in [0.5, 0.6) is 11.5 Å². The average molecular weight is 347 g/mol. The molecule has 0 saturated carbocycles. The highest BCUT2D eigenvalue weighted by atomic mass is 32.2. The van der Waals surface area contributed by atoms with Crippen molar-refractivity contribution in [3.63, 3.8) is 0 Å². The molecule has 0 atom stereocenters. The molecule has 1 N–H and O–H groups in total. The third-order valence-electron chi connectivity index (χ3n) is 3.13. The van der Waals surface area contributed by atoms with Crippen LogP contribution in [0, 0.1) is 0 Å². The summed E-state index contributed by atoms with van der Waals surface area (Å²) in [6.45, 7) is 0. The van der Waals surface area contributed by atoms with E-state index in [0.717, 1.165) is 5.41 Å². The average Bonchev–Trinajstić information content (AvgIpc) is 2.60. The van der Waals surface area contributed by atoms with Crippen LogP contribution >= 0.6 is 0 Å². The molecule has 2 rings (SSSR count). The van der Waals surface area contributed by atoms with Gasteiger partial charge in [0.25, 0.3) is 15.9 Å². The highest BCUT2D eigenvalue weighted by molar-refractivity contribution is 7.93. The number of amides is 1. The number of ether oxygens (including phenoxy) is 2. The Morgan fingerprint density at radius 1 is 1.04 bits per heavy atom. The van der Waals surface area contributed by atoms with Crippen molar-refractivity contribution < 1.29 is 22.7 Å². The number of carbonyl (C=O) groups excluding carboxylic acids is 1. The first kappa shape index (κ1) is 17.6.